The fraction of sp³-hybridized carbons (Fsp3) is 0.471. The maximum absolute atomic E-state index is 12.1. The van der Waals surface area contributed by atoms with E-state index in [1.807, 2.05) is 0 Å². The van der Waals surface area contributed by atoms with Gasteiger partial charge in [0.2, 0.25) is 5.91 Å². The van der Waals surface area contributed by atoms with Gasteiger partial charge in [-0.25, -0.2) is 9.78 Å². The number of hydrogen-bond donors (Lipinski definition) is 3. The Kier molecular flexibility index (Phi) is 4.53. The average Bonchev–Trinajstić information content (AvgIpc) is 3.35. The van der Waals surface area contributed by atoms with Crippen LogP contribution in [0.4, 0.5) is 0 Å². The standard InChI is InChI=1S/C17H18N6O4S2/c18-11-13(25)22-12(16(26)27)7(6-29-15(11)22)5-28-14-8-2-1-3-9(8)19-17-20-10(4-24)21-23(14)17/h11,15,24H,1-6,18H2,(H,26,27)/t11?,15-/m0/s1. The van der Waals surface area contributed by atoms with E-state index in [0.717, 1.165) is 35.5 Å². The quantitative estimate of drug-likeness (QED) is 0.328. The molecule has 152 valence electrons. The number of rotatable bonds is 5. The summed E-state index contributed by atoms with van der Waals surface area (Å²) in [6.45, 7) is -0.276. The Bertz CT molecular complexity index is 1080. The van der Waals surface area contributed by atoms with Gasteiger partial charge in [0.15, 0.2) is 5.82 Å². The molecule has 1 saturated heterocycles. The van der Waals surface area contributed by atoms with Crippen molar-refractivity contribution in [3.05, 3.63) is 28.4 Å². The predicted molar refractivity (Wildman–Crippen MR) is 105 cm³/mol. The lowest BCUT2D eigenvalue weighted by atomic mass is 10.0. The monoisotopic (exact) mass is 434 g/mol. The van der Waals surface area contributed by atoms with E-state index in [4.69, 9.17) is 5.73 Å². The molecule has 0 aromatic carbocycles. The van der Waals surface area contributed by atoms with E-state index in [-0.39, 0.29) is 23.6 Å². The molecule has 2 aromatic heterocycles. The summed E-state index contributed by atoms with van der Waals surface area (Å²) in [4.78, 5) is 34.1. The number of aliphatic hydroxyl groups excluding tert-OH is 1. The number of carboxylic acid groups (broad SMARTS) is 1. The minimum Gasteiger partial charge on any atom is -0.477 e. The number of nitrogens with zero attached hydrogens (tertiary/aromatic N) is 5. The van der Waals surface area contributed by atoms with E-state index >= 15 is 0 Å². The van der Waals surface area contributed by atoms with Gasteiger partial charge in [0.05, 0.1) is 5.69 Å². The Balaban J connectivity index is 1.51. The summed E-state index contributed by atoms with van der Waals surface area (Å²) in [6, 6.07) is -0.640. The molecular formula is C17H18N6O4S2. The zero-order valence-corrected chi connectivity index (χ0v) is 16.9. The van der Waals surface area contributed by atoms with Crippen molar-refractivity contribution >= 4 is 41.2 Å². The highest BCUT2D eigenvalue weighted by molar-refractivity contribution is 8.01. The minimum atomic E-state index is -1.11. The maximum atomic E-state index is 12.1. The number of β-lactam (4-membered cyclic amide) rings is 1. The first-order valence-corrected chi connectivity index (χ1v) is 11.2. The average molecular weight is 435 g/mol. The van der Waals surface area contributed by atoms with Crippen molar-refractivity contribution < 1.29 is 19.8 Å². The maximum Gasteiger partial charge on any atom is 0.352 e. The molecule has 4 heterocycles. The van der Waals surface area contributed by atoms with Crippen molar-refractivity contribution in [2.75, 3.05) is 11.5 Å². The Morgan fingerprint density at radius 1 is 1.34 bits per heavy atom. The van der Waals surface area contributed by atoms with Crippen LogP contribution in [0.15, 0.2) is 16.3 Å². The van der Waals surface area contributed by atoms with Gasteiger partial charge >= 0.3 is 5.97 Å². The molecule has 0 saturated carbocycles. The van der Waals surface area contributed by atoms with Gasteiger partial charge < -0.3 is 15.9 Å². The second-order valence-electron chi connectivity index (χ2n) is 7.08. The number of carbonyl (C=O) groups is 2. The highest BCUT2D eigenvalue weighted by Crippen LogP contribution is 2.41. The summed E-state index contributed by atoms with van der Waals surface area (Å²) < 4.78 is 1.63. The fourth-order valence-electron chi connectivity index (χ4n) is 3.95. The molecule has 4 N–H and O–H groups in total. The lowest BCUT2D eigenvalue weighted by Gasteiger charge is -2.48. The Morgan fingerprint density at radius 2 is 2.17 bits per heavy atom. The minimum absolute atomic E-state index is 0.0459. The summed E-state index contributed by atoms with van der Waals surface area (Å²) in [7, 11) is 0. The predicted octanol–water partition coefficient (Wildman–Crippen LogP) is -0.221. The summed E-state index contributed by atoms with van der Waals surface area (Å²) in [5.74, 6) is 0.182. The molecule has 1 aliphatic carbocycles. The summed E-state index contributed by atoms with van der Waals surface area (Å²) >= 11 is 2.96. The van der Waals surface area contributed by atoms with Gasteiger partial charge in [-0.05, 0) is 24.8 Å². The van der Waals surface area contributed by atoms with Gasteiger partial charge in [-0.15, -0.1) is 28.6 Å². The molecule has 0 bridgehead atoms. The van der Waals surface area contributed by atoms with E-state index in [9.17, 15) is 19.8 Å². The molecule has 3 aliphatic rings. The van der Waals surface area contributed by atoms with E-state index in [0.29, 0.717) is 28.7 Å². The molecule has 1 unspecified atom stereocenters. The van der Waals surface area contributed by atoms with Crippen LogP contribution < -0.4 is 5.73 Å². The second kappa shape index (κ2) is 6.97. The molecule has 5 rings (SSSR count). The van der Waals surface area contributed by atoms with Crippen molar-refractivity contribution in [2.24, 2.45) is 5.73 Å². The molecule has 10 nitrogen and oxygen atoms in total. The molecule has 2 atom stereocenters. The number of aliphatic carboxylic acids is 1. The van der Waals surface area contributed by atoms with Crippen LogP contribution in [0.25, 0.3) is 5.78 Å². The molecule has 0 radical (unpaired) electrons. The van der Waals surface area contributed by atoms with E-state index in [1.165, 1.54) is 28.4 Å². The number of aromatic nitrogens is 4. The third-order valence-corrected chi connectivity index (χ3v) is 7.87. The molecule has 12 heteroatoms. The van der Waals surface area contributed by atoms with Crippen LogP contribution in [0.2, 0.25) is 0 Å². The van der Waals surface area contributed by atoms with Gasteiger partial charge in [0.1, 0.15) is 28.7 Å². The number of carbonyl (C=O) groups excluding carboxylic acids is 1. The molecule has 2 aromatic rings. The summed E-state index contributed by atoms with van der Waals surface area (Å²) in [6.07, 6.45) is 2.73. The van der Waals surface area contributed by atoms with Crippen molar-refractivity contribution in [3.63, 3.8) is 0 Å². The molecule has 0 spiro atoms. The highest BCUT2D eigenvalue weighted by Gasteiger charge is 2.51. The number of amides is 1. The van der Waals surface area contributed by atoms with Crippen LogP contribution in [0.5, 0.6) is 0 Å². The topological polar surface area (TPSA) is 147 Å². The van der Waals surface area contributed by atoms with Gasteiger partial charge in [-0.1, -0.05) is 0 Å². The highest BCUT2D eigenvalue weighted by atomic mass is 32.2. The largest absolute Gasteiger partial charge is 0.477 e. The smallest absolute Gasteiger partial charge is 0.352 e. The van der Waals surface area contributed by atoms with Crippen LogP contribution in [0, 0.1) is 0 Å². The lowest BCUT2D eigenvalue weighted by Crippen LogP contribution is -2.68. The molecule has 2 aliphatic heterocycles. The zero-order chi connectivity index (χ0) is 20.3. The first-order valence-electron chi connectivity index (χ1n) is 9.16. The van der Waals surface area contributed by atoms with Gasteiger partial charge in [-0.3, -0.25) is 9.69 Å². The number of thioether (sulfide) groups is 2. The normalized spacial score (nSPS) is 23.4. The van der Waals surface area contributed by atoms with Gasteiger partial charge in [0, 0.05) is 17.1 Å². The number of aliphatic hydroxyl groups is 1. The van der Waals surface area contributed by atoms with Crippen molar-refractivity contribution in [3.8, 4) is 0 Å². The van der Waals surface area contributed by atoms with E-state index in [1.54, 1.807) is 4.52 Å². The van der Waals surface area contributed by atoms with Crippen LogP contribution >= 0.6 is 23.5 Å². The molecular weight excluding hydrogens is 416 g/mol. The SMILES string of the molecule is NC1C(=O)N2C(C(=O)O)=C(CSc3c4c(nc5nc(CO)nn35)CCC4)CS[C@@H]12. The first kappa shape index (κ1) is 18.9. The Morgan fingerprint density at radius 3 is 2.93 bits per heavy atom. The van der Waals surface area contributed by atoms with Gasteiger partial charge in [0.25, 0.3) is 5.78 Å². The third kappa shape index (κ3) is 2.85. The first-order chi connectivity index (χ1) is 14.0. The molecule has 1 fully saturated rings. The van der Waals surface area contributed by atoms with Crippen LogP contribution in [-0.4, -0.2) is 69.5 Å². The third-order valence-electron chi connectivity index (χ3n) is 5.32. The Labute approximate surface area is 173 Å². The summed E-state index contributed by atoms with van der Waals surface area (Å²) in [5, 5.41) is 24.0. The lowest BCUT2D eigenvalue weighted by molar-refractivity contribution is -0.147. The van der Waals surface area contributed by atoms with Crippen molar-refractivity contribution in [1.29, 1.82) is 0 Å². The Hall–Kier alpha value is -2.15. The van der Waals surface area contributed by atoms with Gasteiger partial charge in [-0.2, -0.15) is 9.50 Å². The number of nitrogens with two attached hydrogens (primary N) is 1. The molecule has 1 amide bonds. The zero-order valence-electron chi connectivity index (χ0n) is 15.2. The summed E-state index contributed by atoms with van der Waals surface area (Å²) in [5.41, 5.74) is 8.61. The fourth-order valence-corrected chi connectivity index (χ4v) is 6.56. The number of aryl methyl sites for hydroxylation is 1. The van der Waals surface area contributed by atoms with Crippen molar-refractivity contribution in [2.45, 2.75) is 42.3 Å². The van der Waals surface area contributed by atoms with E-state index in [2.05, 4.69) is 15.1 Å². The van der Waals surface area contributed by atoms with Crippen LogP contribution in [0.3, 0.4) is 0 Å². The van der Waals surface area contributed by atoms with E-state index < -0.39 is 12.0 Å². The number of carboxylic acids is 1. The van der Waals surface area contributed by atoms with Crippen molar-refractivity contribution in [1.82, 2.24) is 24.5 Å². The molecule has 29 heavy (non-hydrogen) atoms. The van der Waals surface area contributed by atoms with Crippen LogP contribution in [0.1, 0.15) is 23.5 Å². The second-order valence-corrected chi connectivity index (χ2v) is 9.14. The number of hydrogen-bond acceptors (Lipinski definition) is 9. The van der Waals surface area contributed by atoms with Crippen LogP contribution in [-0.2, 0) is 29.0 Å². The number of fused-ring (bicyclic) bond motifs is 3.